The largest absolute Gasteiger partial charge is 0.494 e. The fourth-order valence-corrected chi connectivity index (χ4v) is 2.73. The number of hydrogen-bond donors (Lipinski definition) is 2. The van der Waals surface area contributed by atoms with Crippen LogP contribution in [0.2, 0.25) is 5.02 Å². The van der Waals surface area contributed by atoms with E-state index in [1.54, 1.807) is 12.1 Å². The van der Waals surface area contributed by atoms with Gasteiger partial charge in [-0.2, -0.15) is 4.99 Å². The lowest BCUT2D eigenvalue weighted by Gasteiger charge is -2.32. The molecule has 1 unspecified atom stereocenters. The van der Waals surface area contributed by atoms with Crippen molar-refractivity contribution in [3.63, 3.8) is 0 Å². The van der Waals surface area contributed by atoms with Crippen LogP contribution in [0.25, 0.3) is 0 Å². The first-order valence-electron chi connectivity index (χ1n) is 8.01. The molecular weight excluding hydrogens is 373 g/mol. The van der Waals surface area contributed by atoms with E-state index in [9.17, 15) is 0 Å². The number of guanidine groups is 2. The van der Waals surface area contributed by atoms with Gasteiger partial charge in [0, 0.05) is 11.6 Å². The molecule has 0 spiro atoms. The average molecular weight is 394 g/mol. The van der Waals surface area contributed by atoms with E-state index in [2.05, 4.69) is 9.98 Å². The molecule has 8 heteroatoms. The van der Waals surface area contributed by atoms with Crippen molar-refractivity contribution >= 4 is 35.9 Å². The van der Waals surface area contributed by atoms with Crippen LogP contribution in [0, 0.1) is 0 Å². The van der Waals surface area contributed by atoms with E-state index in [0.29, 0.717) is 24.1 Å². The number of rotatable bonds is 6. The number of aliphatic imine (C=N–C) groups is 2. The Morgan fingerprint density at radius 3 is 2.42 bits per heavy atom. The third-order valence-electron chi connectivity index (χ3n) is 3.80. The minimum Gasteiger partial charge on any atom is -0.494 e. The molecule has 1 aliphatic rings. The predicted molar refractivity (Wildman–Crippen MR) is 108 cm³/mol. The van der Waals surface area contributed by atoms with Crippen molar-refractivity contribution < 1.29 is 4.74 Å². The normalized spacial score (nSPS) is 16.3. The number of nitrogens with zero attached hydrogens (tertiary/aromatic N) is 3. The Morgan fingerprint density at radius 2 is 1.73 bits per heavy atom. The predicted octanol–water partition coefficient (Wildman–Crippen LogP) is 3.17. The van der Waals surface area contributed by atoms with Crippen LogP contribution in [0.3, 0.4) is 0 Å². The lowest BCUT2D eigenvalue weighted by Crippen LogP contribution is -2.44. The number of benzene rings is 2. The molecule has 3 rings (SSSR count). The Kier molecular flexibility index (Phi) is 7.12. The molecule has 6 nitrogen and oxygen atoms in total. The van der Waals surface area contributed by atoms with Gasteiger partial charge in [0.15, 0.2) is 6.17 Å². The first-order chi connectivity index (χ1) is 12.1. The number of hydrogen-bond acceptors (Lipinski definition) is 6. The Labute approximate surface area is 163 Å². The Balaban J connectivity index is 0.00000243. The third-order valence-corrected chi connectivity index (χ3v) is 4.05. The smallest absolute Gasteiger partial charge is 0.220 e. The Morgan fingerprint density at radius 1 is 1.04 bits per heavy atom. The van der Waals surface area contributed by atoms with Crippen LogP contribution in [0.1, 0.15) is 18.2 Å². The van der Waals surface area contributed by atoms with Crippen molar-refractivity contribution in [2.45, 2.75) is 12.6 Å². The molecule has 0 aromatic heterocycles. The molecule has 1 atom stereocenters. The van der Waals surface area contributed by atoms with Crippen LogP contribution >= 0.6 is 24.0 Å². The van der Waals surface area contributed by atoms with Crippen LogP contribution in [0.15, 0.2) is 64.6 Å². The fourth-order valence-electron chi connectivity index (χ4n) is 2.60. The number of ether oxygens (including phenoxy) is 1. The molecule has 138 valence electrons. The van der Waals surface area contributed by atoms with Gasteiger partial charge >= 0.3 is 0 Å². The summed E-state index contributed by atoms with van der Waals surface area (Å²) in [5.74, 6) is 1.35. The van der Waals surface area contributed by atoms with Crippen LogP contribution in [0.4, 0.5) is 0 Å². The van der Waals surface area contributed by atoms with E-state index in [0.717, 1.165) is 17.7 Å². The lowest BCUT2D eigenvalue weighted by atomic mass is 10.1. The number of nitrogens with two attached hydrogens (primary N) is 2. The van der Waals surface area contributed by atoms with Crippen molar-refractivity contribution in [2.75, 3.05) is 13.2 Å². The van der Waals surface area contributed by atoms with Gasteiger partial charge in [-0.15, -0.1) is 12.4 Å². The molecule has 0 amide bonds. The molecule has 0 saturated heterocycles. The van der Waals surface area contributed by atoms with Gasteiger partial charge in [0.2, 0.25) is 11.9 Å². The van der Waals surface area contributed by atoms with E-state index in [1.807, 2.05) is 47.4 Å². The first-order valence-corrected chi connectivity index (χ1v) is 8.38. The van der Waals surface area contributed by atoms with E-state index < -0.39 is 0 Å². The third kappa shape index (κ3) is 5.03. The molecule has 2 aromatic carbocycles. The molecule has 1 heterocycles. The minimum absolute atomic E-state index is 0. The van der Waals surface area contributed by atoms with Crippen molar-refractivity contribution in [1.82, 2.24) is 4.90 Å². The lowest BCUT2D eigenvalue weighted by molar-refractivity contribution is 0.258. The van der Waals surface area contributed by atoms with Crippen LogP contribution in [-0.2, 0) is 0 Å². The van der Waals surface area contributed by atoms with Gasteiger partial charge in [-0.3, -0.25) is 0 Å². The summed E-state index contributed by atoms with van der Waals surface area (Å²) >= 11 is 5.86. The SMILES string of the molecule is Cl.NC1=NC(c2ccccc2)N(CCCOc2ccc(Cl)cc2)C(N)=N1. The van der Waals surface area contributed by atoms with E-state index in [-0.39, 0.29) is 24.5 Å². The molecular formula is C18H21Cl2N5O. The quantitative estimate of drug-likeness (QED) is 0.737. The Hall–Kier alpha value is -2.44. The van der Waals surface area contributed by atoms with Crippen LogP contribution in [0.5, 0.6) is 5.75 Å². The van der Waals surface area contributed by atoms with Gasteiger partial charge in [-0.05, 0) is 36.2 Å². The molecule has 0 bridgehead atoms. The monoisotopic (exact) mass is 393 g/mol. The highest BCUT2D eigenvalue weighted by molar-refractivity contribution is 6.30. The van der Waals surface area contributed by atoms with E-state index in [4.69, 9.17) is 27.8 Å². The zero-order valence-corrected chi connectivity index (χ0v) is 15.7. The standard InChI is InChI=1S/C18H20ClN5O.ClH/c19-14-7-9-15(10-8-14)25-12-4-11-24-16(13-5-2-1-3-6-13)22-17(20)23-18(24)21;/h1-3,5-10,16H,4,11-12H2,(H4,20,21,22,23);1H. The molecule has 0 saturated carbocycles. The van der Waals surface area contributed by atoms with Gasteiger partial charge in [-0.1, -0.05) is 41.9 Å². The first kappa shape index (κ1) is 19.9. The van der Waals surface area contributed by atoms with Crippen molar-refractivity contribution in [3.8, 4) is 5.75 Å². The van der Waals surface area contributed by atoms with Gasteiger partial charge in [0.05, 0.1) is 6.61 Å². The van der Waals surface area contributed by atoms with Crippen molar-refractivity contribution in [3.05, 3.63) is 65.2 Å². The number of halogens is 2. The zero-order chi connectivity index (χ0) is 17.6. The van der Waals surface area contributed by atoms with Gasteiger partial charge in [-0.25, -0.2) is 4.99 Å². The topological polar surface area (TPSA) is 89.2 Å². The second-order valence-corrected chi connectivity index (χ2v) is 6.03. The second-order valence-electron chi connectivity index (χ2n) is 5.59. The second kappa shape index (κ2) is 9.31. The Bertz CT molecular complexity index is 765. The summed E-state index contributed by atoms with van der Waals surface area (Å²) in [6.07, 6.45) is 0.492. The molecule has 1 aliphatic heterocycles. The maximum atomic E-state index is 6.07. The molecule has 26 heavy (non-hydrogen) atoms. The molecule has 2 aromatic rings. The van der Waals surface area contributed by atoms with Crippen molar-refractivity contribution in [2.24, 2.45) is 21.5 Å². The maximum absolute atomic E-state index is 6.07. The summed E-state index contributed by atoms with van der Waals surface area (Å²) in [5.41, 5.74) is 12.9. The highest BCUT2D eigenvalue weighted by Gasteiger charge is 2.25. The summed E-state index contributed by atoms with van der Waals surface area (Å²) in [6, 6.07) is 17.2. The molecule has 0 fully saturated rings. The highest BCUT2D eigenvalue weighted by Crippen LogP contribution is 2.24. The van der Waals surface area contributed by atoms with Crippen LogP contribution in [-0.4, -0.2) is 30.0 Å². The molecule has 4 N–H and O–H groups in total. The fraction of sp³-hybridized carbons (Fsp3) is 0.222. The van der Waals surface area contributed by atoms with Crippen molar-refractivity contribution in [1.29, 1.82) is 0 Å². The van der Waals surface area contributed by atoms with E-state index in [1.165, 1.54) is 0 Å². The van der Waals surface area contributed by atoms with Crippen LogP contribution < -0.4 is 16.2 Å². The maximum Gasteiger partial charge on any atom is 0.220 e. The van der Waals surface area contributed by atoms with Gasteiger partial charge in [0.1, 0.15) is 5.75 Å². The molecule has 0 aliphatic carbocycles. The molecule has 0 radical (unpaired) electrons. The summed E-state index contributed by atoms with van der Waals surface area (Å²) in [4.78, 5) is 10.4. The summed E-state index contributed by atoms with van der Waals surface area (Å²) in [5, 5.41) is 0.686. The van der Waals surface area contributed by atoms with Gasteiger partial charge < -0.3 is 21.1 Å². The summed E-state index contributed by atoms with van der Waals surface area (Å²) in [7, 11) is 0. The minimum atomic E-state index is -0.269. The zero-order valence-electron chi connectivity index (χ0n) is 14.1. The van der Waals surface area contributed by atoms with Gasteiger partial charge in [0.25, 0.3) is 0 Å². The average Bonchev–Trinajstić information content (AvgIpc) is 2.62. The summed E-state index contributed by atoms with van der Waals surface area (Å²) < 4.78 is 5.72. The van der Waals surface area contributed by atoms with E-state index >= 15 is 0 Å². The highest BCUT2D eigenvalue weighted by atomic mass is 35.5. The summed E-state index contributed by atoms with van der Waals surface area (Å²) in [6.45, 7) is 1.20.